The molecule has 4 rings (SSSR count). The number of pyridine rings is 1. The highest BCUT2D eigenvalue weighted by Gasteiger charge is 2.33. The quantitative estimate of drug-likeness (QED) is 0.720. The second-order valence-electron chi connectivity index (χ2n) is 6.27. The fourth-order valence-electron chi connectivity index (χ4n) is 3.44. The Hall–Kier alpha value is -2.34. The van der Waals surface area contributed by atoms with Gasteiger partial charge in [-0.15, -0.1) is 10.2 Å². The smallest absolute Gasteiger partial charge is 0.254 e. The first-order valence-corrected chi connectivity index (χ1v) is 9.86. The minimum Gasteiger partial charge on any atom is -0.328 e. The number of hydrogen-bond donors (Lipinski definition) is 0. The third-order valence-electron chi connectivity index (χ3n) is 4.66. The molecule has 128 valence electrons. The zero-order valence-corrected chi connectivity index (χ0v) is 14.9. The number of thioether (sulfide) groups is 1. The molecule has 0 radical (unpaired) electrons. The Kier molecular flexibility index (Phi) is 4.44. The van der Waals surface area contributed by atoms with Crippen LogP contribution in [0.5, 0.6) is 0 Å². The van der Waals surface area contributed by atoms with E-state index in [0.29, 0.717) is 0 Å². The van der Waals surface area contributed by atoms with Crippen LogP contribution in [0.15, 0.2) is 48.7 Å². The highest BCUT2D eigenvalue weighted by molar-refractivity contribution is 7.97. The van der Waals surface area contributed by atoms with Crippen molar-refractivity contribution in [2.24, 2.45) is 0 Å². The molecule has 1 unspecified atom stereocenters. The van der Waals surface area contributed by atoms with Gasteiger partial charge in [0.15, 0.2) is 11.5 Å². The van der Waals surface area contributed by atoms with Gasteiger partial charge in [0.25, 0.3) is 5.91 Å². The first-order valence-electron chi connectivity index (χ1n) is 8.46. The van der Waals surface area contributed by atoms with Gasteiger partial charge in [0.1, 0.15) is 0 Å². The third kappa shape index (κ3) is 3.02. The molecule has 3 heterocycles. The maximum absolute atomic E-state index is 13.0. The predicted molar refractivity (Wildman–Crippen MR) is 99.7 cm³/mol. The van der Waals surface area contributed by atoms with Gasteiger partial charge in [-0.2, -0.15) is 11.8 Å². The topological polar surface area (TPSA) is 50.5 Å². The van der Waals surface area contributed by atoms with Gasteiger partial charge in [0.05, 0.1) is 6.04 Å². The maximum Gasteiger partial charge on any atom is 0.254 e. The summed E-state index contributed by atoms with van der Waals surface area (Å²) in [6.45, 7) is 0.762. The van der Waals surface area contributed by atoms with E-state index in [1.807, 2.05) is 58.0 Å². The average Bonchev–Trinajstić information content (AvgIpc) is 3.28. The van der Waals surface area contributed by atoms with Gasteiger partial charge in [-0.05, 0) is 48.9 Å². The first-order chi connectivity index (χ1) is 12.3. The highest BCUT2D eigenvalue weighted by Crippen LogP contribution is 2.32. The van der Waals surface area contributed by atoms with Gasteiger partial charge in [-0.25, -0.2) is 0 Å². The van der Waals surface area contributed by atoms with E-state index >= 15 is 0 Å². The van der Waals surface area contributed by atoms with Gasteiger partial charge < -0.3 is 4.90 Å². The minimum absolute atomic E-state index is 0.0178. The largest absolute Gasteiger partial charge is 0.328 e. The van der Waals surface area contributed by atoms with Crippen molar-refractivity contribution in [1.82, 2.24) is 19.5 Å². The Balaban J connectivity index is 1.61. The summed E-state index contributed by atoms with van der Waals surface area (Å²) < 4.78 is 1.98. The van der Waals surface area contributed by atoms with Gasteiger partial charge >= 0.3 is 0 Å². The monoisotopic (exact) mass is 352 g/mol. The number of rotatable bonds is 4. The fraction of sp³-hybridized carbons (Fsp3) is 0.316. The minimum atomic E-state index is -0.0178. The summed E-state index contributed by atoms with van der Waals surface area (Å²) in [5, 5.41) is 8.59. The van der Waals surface area contributed by atoms with E-state index in [2.05, 4.69) is 16.5 Å². The van der Waals surface area contributed by atoms with E-state index in [9.17, 15) is 4.79 Å². The zero-order valence-electron chi connectivity index (χ0n) is 14.1. The Bertz CT molecular complexity index is 890. The molecule has 5 nitrogen and oxygen atoms in total. The molecule has 1 amide bonds. The molecule has 1 aromatic carbocycles. The number of likely N-dealkylation sites (tertiary alicyclic amines) is 1. The molecule has 1 aliphatic heterocycles. The molecule has 2 aromatic heterocycles. The molecule has 25 heavy (non-hydrogen) atoms. The number of aromatic nitrogens is 3. The average molecular weight is 352 g/mol. The molecule has 1 aliphatic rings. The van der Waals surface area contributed by atoms with Crippen LogP contribution in [0.2, 0.25) is 0 Å². The van der Waals surface area contributed by atoms with Crippen molar-refractivity contribution in [1.29, 1.82) is 0 Å². The lowest BCUT2D eigenvalue weighted by molar-refractivity contribution is 0.0729. The molecule has 1 fully saturated rings. The fourth-order valence-corrected chi connectivity index (χ4v) is 3.97. The van der Waals surface area contributed by atoms with Crippen molar-refractivity contribution in [2.75, 3.05) is 12.8 Å². The van der Waals surface area contributed by atoms with Crippen LogP contribution in [-0.2, 0) is 5.75 Å². The Morgan fingerprint density at radius 3 is 2.84 bits per heavy atom. The van der Waals surface area contributed by atoms with Crippen LogP contribution in [0.25, 0.3) is 5.65 Å². The van der Waals surface area contributed by atoms with Crippen LogP contribution in [0.3, 0.4) is 0 Å². The Morgan fingerprint density at radius 1 is 1.20 bits per heavy atom. The molecule has 0 aliphatic carbocycles. The summed E-state index contributed by atoms with van der Waals surface area (Å²) in [5.41, 5.74) is 2.80. The van der Waals surface area contributed by atoms with E-state index in [1.54, 1.807) is 11.8 Å². The van der Waals surface area contributed by atoms with E-state index in [1.165, 1.54) is 5.56 Å². The normalized spacial score (nSPS) is 17.3. The summed E-state index contributed by atoms with van der Waals surface area (Å²) in [6, 6.07) is 13.8. The Labute approximate surface area is 151 Å². The van der Waals surface area contributed by atoms with Crippen LogP contribution >= 0.6 is 11.8 Å². The van der Waals surface area contributed by atoms with E-state index < -0.39 is 0 Å². The van der Waals surface area contributed by atoms with Crippen LogP contribution in [0.1, 0.15) is 40.6 Å². The number of carbonyl (C=O) groups is 1. The van der Waals surface area contributed by atoms with Crippen LogP contribution < -0.4 is 0 Å². The van der Waals surface area contributed by atoms with Gasteiger partial charge in [0, 0.05) is 24.1 Å². The van der Waals surface area contributed by atoms with Crippen LogP contribution in [0.4, 0.5) is 0 Å². The summed E-state index contributed by atoms with van der Waals surface area (Å²) in [4.78, 5) is 15.0. The molecule has 0 N–H and O–H groups in total. The molecule has 1 atom stereocenters. The Morgan fingerprint density at radius 2 is 2.04 bits per heavy atom. The van der Waals surface area contributed by atoms with Crippen molar-refractivity contribution in [3.05, 3.63) is 65.6 Å². The van der Waals surface area contributed by atoms with Gasteiger partial charge in [-0.3, -0.25) is 9.20 Å². The summed E-state index contributed by atoms with van der Waals surface area (Å²) >= 11 is 1.78. The van der Waals surface area contributed by atoms with Crippen molar-refractivity contribution in [2.45, 2.75) is 24.6 Å². The first kappa shape index (κ1) is 16.1. The highest BCUT2D eigenvalue weighted by atomic mass is 32.2. The van der Waals surface area contributed by atoms with Crippen molar-refractivity contribution in [3.8, 4) is 0 Å². The molecule has 0 spiro atoms. The molecule has 1 saturated heterocycles. The number of hydrogen-bond acceptors (Lipinski definition) is 4. The van der Waals surface area contributed by atoms with E-state index in [-0.39, 0.29) is 11.9 Å². The van der Waals surface area contributed by atoms with E-state index in [0.717, 1.165) is 42.2 Å². The summed E-state index contributed by atoms with van der Waals surface area (Å²) in [6.07, 6.45) is 5.95. The number of benzene rings is 1. The molecular formula is C19H20N4OS. The molecular weight excluding hydrogens is 332 g/mol. The predicted octanol–water partition coefficient (Wildman–Crippen LogP) is 3.57. The third-order valence-corrected chi connectivity index (χ3v) is 5.29. The van der Waals surface area contributed by atoms with Gasteiger partial charge in [-0.1, -0.05) is 18.2 Å². The molecule has 0 saturated carbocycles. The second kappa shape index (κ2) is 6.88. The number of amides is 1. The van der Waals surface area contributed by atoms with Crippen molar-refractivity contribution < 1.29 is 4.79 Å². The van der Waals surface area contributed by atoms with Crippen LogP contribution in [-0.4, -0.2) is 38.2 Å². The lowest BCUT2D eigenvalue weighted by Crippen LogP contribution is -2.31. The lowest BCUT2D eigenvalue weighted by Gasteiger charge is -2.23. The number of nitrogens with zero attached hydrogens (tertiary/aromatic N) is 4. The second-order valence-corrected chi connectivity index (χ2v) is 7.14. The van der Waals surface area contributed by atoms with Gasteiger partial charge in [0.2, 0.25) is 0 Å². The number of carbonyl (C=O) groups excluding carboxylic acids is 1. The number of fused-ring (bicyclic) bond motifs is 1. The lowest BCUT2D eigenvalue weighted by atomic mass is 10.1. The van der Waals surface area contributed by atoms with Crippen molar-refractivity contribution >= 4 is 23.3 Å². The van der Waals surface area contributed by atoms with Crippen LogP contribution in [0, 0.1) is 0 Å². The molecule has 6 heteroatoms. The van der Waals surface area contributed by atoms with Crippen molar-refractivity contribution in [3.63, 3.8) is 0 Å². The molecule has 0 bridgehead atoms. The zero-order chi connectivity index (χ0) is 17.2. The molecule has 3 aromatic rings. The summed E-state index contributed by atoms with van der Waals surface area (Å²) in [5.74, 6) is 1.89. The maximum atomic E-state index is 13.0. The van der Waals surface area contributed by atoms with E-state index in [4.69, 9.17) is 0 Å². The SMILES string of the molecule is CSCc1ccc(C(=O)N2CCCC2c2nnc3ccccn23)cc1. The summed E-state index contributed by atoms with van der Waals surface area (Å²) in [7, 11) is 0. The standard InChI is InChI=1S/C19H20N4OS/c1-25-13-14-7-9-15(10-8-14)19(24)22-12-4-5-16(22)18-21-20-17-6-2-3-11-23(17)18/h2-3,6-11,16H,4-5,12-13H2,1H3.